The molecule has 0 bridgehead atoms. The van der Waals surface area contributed by atoms with E-state index in [-0.39, 0.29) is 11.9 Å². The first-order chi connectivity index (χ1) is 9.74. The summed E-state index contributed by atoms with van der Waals surface area (Å²) in [5.74, 6) is 0.939. The van der Waals surface area contributed by atoms with Crippen LogP contribution in [0, 0.1) is 0 Å². The number of fused-ring (bicyclic) bond motifs is 1. The van der Waals surface area contributed by atoms with Crippen LogP contribution in [0.25, 0.3) is 0 Å². The van der Waals surface area contributed by atoms with E-state index in [4.69, 9.17) is 10.5 Å². The number of rotatable bonds is 2. The maximum atomic E-state index is 12.2. The molecule has 1 atom stereocenters. The summed E-state index contributed by atoms with van der Waals surface area (Å²) in [5.41, 5.74) is 6.92. The van der Waals surface area contributed by atoms with Gasteiger partial charge in [-0.15, -0.1) is 0 Å². The Morgan fingerprint density at radius 3 is 2.95 bits per heavy atom. The van der Waals surface area contributed by atoms with E-state index in [1.165, 1.54) is 0 Å². The summed E-state index contributed by atoms with van der Waals surface area (Å²) < 4.78 is 5.57. The molecule has 1 aromatic carbocycles. The van der Waals surface area contributed by atoms with Gasteiger partial charge >= 0.3 is 0 Å². The van der Waals surface area contributed by atoms with Gasteiger partial charge in [0.05, 0.1) is 12.6 Å². The van der Waals surface area contributed by atoms with E-state index in [9.17, 15) is 4.79 Å². The topological polar surface area (TPSA) is 77.2 Å². The number of nitrogens with zero attached hydrogens (tertiary/aromatic N) is 1. The summed E-state index contributed by atoms with van der Waals surface area (Å²) in [4.78, 5) is 16.2. The number of pyridine rings is 1. The minimum atomic E-state index is -0.223. The number of hydrogen-bond acceptors (Lipinski definition) is 4. The van der Waals surface area contributed by atoms with Crippen molar-refractivity contribution in [2.75, 3.05) is 12.3 Å². The van der Waals surface area contributed by atoms with Gasteiger partial charge in [0.25, 0.3) is 5.91 Å². The van der Waals surface area contributed by atoms with E-state index in [2.05, 4.69) is 10.3 Å². The Kier molecular flexibility index (Phi) is 3.25. The molecule has 2 aromatic rings. The van der Waals surface area contributed by atoms with E-state index >= 15 is 0 Å². The average Bonchev–Trinajstić information content (AvgIpc) is 2.47. The number of nitrogen functional groups attached to an aromatic ring is 1. The van der Waals surface area contributed by atoms with E-state index in [1.54, 1.807) is 18.2 Å². The lowest BCUT2D eigenvalue weighted by atomic mass is 10.0. The first-order valence-electron chi connectivity index (χ1n) is 6.49. The minimum Gasteiger partial charge on any atom is -0.493 e. The Morgan fingerprint density at radius 1 is 1.25 bits per heavy atom. The summed E-state index contributed by atoms with van der Waals surface area (Å²) in [6.45, 7) is 0.590. The second-order valence-electron chi connectivity index (χ2n) is 4.65. The number of hydrogen-bond donors (Lipinski definition) is 2. The zero-order valence-corrected chi connectivity index (χ0v) is 10.9. The number of amides is 1. The van der Waals surface area contributed by atoms with Crippen LogP contribution in [0.4, 0.5) is 5.82 Å². The summed E-state index contributed by atoms with van der Waals surface area (Å²) in [6.07, 6.45) is 0.741. The summed E-state index contributed by atoms with van der Waals surface area (Å²) in [5, 5.41) is 2.98. The van der Waals surface area contributed by atoms with Gasteiger partial charge in [-0.25, -0.2) is 4.98 Å². The average molecular weight is 269 g/mol. The lowest BCUT2D eigenvalue weighted by Crippen LogP contribution is -2.32. The third-order valence-corrected chi connectivity index (χ3v) is 3.27. The first-order valence-corrected chi connectivity index (χ1v) is 6.49. The summed E-state index contributed by atoms with van der Waals surface area (Å²) in [6, 6.07) is 12.7. The van der Waals surface area contributed by atoms with Gasteiger partial charge in [0.1, 0.15) is 17.3 Å². The molecular weight excluding hydrogens is 254 g/mol. The van der Waals surface area contributed by atoms with Crippen LogP contribution in [0.2, 0.25) is 0 Å². The Labute approximate surface area is 116 Å². The monoisotopic (exact) mass is 269 g/mol. The zero-order chi connectivity index (χ0) is 13.9. The quantitative estimate of drug-likeness (QED) is 0.873. The van der Waals surface area contributed by atoms with Gasteiger partial charge < -0.3 is 15.8 Å². The standard InChI is InChI=1S/C15H15N3O2/c16-14-7-3-5-12(17-14)15(19)18-11-8-9-20-13-6-2-1-4-10(11)13/h1-7,11H,8-9H2,(H2,16,17)(H,18,19). The number of para-hydroxylation sites is 1. The van der Waals surface area contributed by atoms with Crippen molar-refractivity contribution in [2.24, 2.45) is 0 Å². The molecule has 2 heterocycles. The van der Waals surface area contributed by atoms with Gasteiger partial charge in [0.15, 0.2) is 0 Å². The van der Waals surface area contributed by atoms with E-state index < -0.39 is 0 Å². The predicted molar refractivity (Wildman–Crippen MR) is 75.4 cm³/mol. The fourth-order valence-electron chi connectivity index (χ4n) is 2.30. The van der Waals surface area contributed by atoms with Gasteiger partial charge in [-0.05, 0) is 18.2 Å². The van der Waals surface area contributed by atoms with E-state index in [0.717, 1.165) is 17.7 Å². The number of aromatic nitrogens is 1. The Hall–Kier alpha value is -2.56. The molecule has 0 saturated heterocycles. The van der Waals surface area contributed by atoms with Crippen LogP contribution in [0.3, 0.4) is 0 Å². The SMILES string of the molecule is Nc1cccc(C(=O)NC2CCOc3ccccc32)n1. The molecule has 102 valence electrons. The van der Waals surface area contributed by atoms with Crippen molar-refractivity contribution in [1.82, 2.24) is 10.3 Å². The third kappa shape index (κ3) is 2.42. The number of anilines is 1. The van der Waals surface area contributed by atoms with Gasteiger partial charge in [-0.3, -0.25) is 4.79 Å². The number of nitrogens with one attached hydrogen (secondary N) is 1. The number of benzene rings is 1. The van der Waals surface area contributed by atoms with Crippen molar-refractivity contribution in [3.63, 3.8) is 0 Å². The highest BCUT2D eigenvalue weighted by molar-refractivity contribution is 5.92. The van der Waals surface area contributed by atoms with Crippen LogP contribution in [0.5, 0.6) is 5.75 Å². The second-order valence-corrected chi connectivity index (χ2v) is 4.65. The molecule has 1 aliphatic heterocycles. The lowest BCUT2D eigenvalue weighted by molar-refractivity contribution is 0.0920. The highest BCUT2D eigenvalue weighted by Crippen LogP contribution is 2.31. The van der Waals surface area contributed by atoms with Gasteiger partial charge in [0, 0.05) is 12.0 Å². The number of ether oxygens (including phenoxy) is 1. The van der Waals surface area contributed by atoms with Gasteiger partial charge in [-0.2, -0.15) is 0 Å². The Bertz CT molecular complexity index is 643. The normalized spacial score (nSPS) is 16.9. The van der Waals surface area contributed by atoms with Crippen LogP contribution < -0.4 is 15.8 Å². The number of carbonyl (C=O) groups excluding carboxylic acids is 1. The molecular formula is C15H15N3O2. The minimum absolute atomic E-state index is 0.0596. The van der Waals surface area contributed by atoms with E-state index in [0.29, 0.717) is 18.1 Å². The van der Waals surface area contributed by atoms with Crippen LogP contribution in [0.1, 0.15) is 28.5 Å². The van der Waals surface area contributed by atoms with Gasteiger partial charge in [0.2, 0.25) is 0 Å². The molecule has 5 nitrogen and oxygen atoms in total. The highest BCUT2D eigenvalue weighted by atomic mass is 16.5. The predicted octanol–water partition coefficient (Wildman–Crippen LogP) is 1.92. The van der Waals surface area contributed by atoms with Crippen LogP contribution >= 0.6 is 0 Å². The molecule has 1 amide bonds. The molecule has 3 rings (SSSR count). The molecule has 1 unspecified atom stereocenters. The molecule has 0 spiro atoms. The Balaban J connectivity index is 1.81. The maximum Gasteiger partial charge on any atom is 0.270 e. The number of nitrogens with two attached hydrogens (primary N) is 1. The molecule has 5 heteroatoms. The molecule has 1 aromatic heterocycles. The van der Waals surface area contributed by atoms with Crippen LogP contribution in [-0.2, 0) is 0 Å². The molecule has 3 N–H and O–H groups in total. The zero-order valence-electron chi connectivity index (χ0n) is 10.9. The highest BCUT2D eigenvalue weighted by Gasteiger charge is 2.23. The van der Waals surface area contributed by atoms with Crippen molar-refractivity contribution in [3.05, 3.63) is 53.7 Å². The molecule has 1 aliphatic rings. The smallest absolute Gasteiger partial charge is 0.270 e. The fourth-order valence-corrected chi connectivity index (χ4v) is 2.30. The first kappa shape index (κ1) is 12.5. The van der Waals surface area contributed by atoms with Crippen molar-refractivity contribution >= 4 is 11.7 Å². The van der Waals surface area contributed by atoms with Crippen molar-refractivity contribution < 1.29 is 9.53 Å². The third-order valence-electron chi connectivity index (χ3n) is 3.27. The van der Waals surface area contributed by atoms with Crippen molar-refractivity contribution in [1.29, 1.82) is 0 Å². The lowest BCUT2D eigenvalue weighted by Gasteiger charge is -2.26. The number of carbonyl (C=O) groups is 1. The van der Waals surface area contributed by atoms with Crippen molar-refractivity contribution in [2.45, 2.75) is 12.5 Å². The molecule has 0 aliphatic carbocycles. The molecule has 0 fully saturated rings. The molecule has 0 saturated carbocycles. The van der Waals surface area contributed by atoms with Crippen LogP contribution in [0.15, 0.2) is 42.5 Å². The van der Waals surface area contributed by atoms with E-state index in [1.807, 2.05) is 24.3 Å². The fraction of sp³-hybridized carbons (Fsp3) is 0.200. The largest absolute Gasteiger partial charge is 0.493 e. The van der Waals surface area contributed by atoms with Crippen molar-refractivity contribution in [3.8, 4) is 5.75 Å². The molecule has 0 radical (unpaired) electrons. The van der Waals surface area contributed by atoms with Gasteiger partial charge in [-0.1, -0.05) is 24.3 Å². The Morgan fingerprint density at radius 2 is 2.10 bits per heavy atom. The summed E-state index contributed by atoms with van der Waals surface area (Å²) >= 11 is 0. The maximum absolute atomic E-state index is 12.2. The second kappa shape index (κ2) is 5.21. The molecule has 20 heavy (non-hydrogen) atoms. The van der Waals surface area contributed by atoms with Crippen LogP contribution in [-0.4, -0.2) is 17.5 Å². The summed E-state index contributed by atoms with van der Waals surface area (Å²) in [7, 11) is 0.